The molecule has 7 nitrogen and oxygen atoms in total. The first-order valence-corrected chi connectivity index (χ1v) is 11.2. The molecule has 1 amide bonds. The number of carbonyl (C=O) groups excluding carboxylic acids is 1. The Kier molecular flexibility index (Phi) is 6.24. The van der Waals surface area contributed by atoms with Gasteiger partial charge in [0.15, 0.2) is 5.16 Å². The Labute approximate surface area is 186 Å². The average Bonchev–Trinajstić information content (AvgIpc) is 3.22. The molecule has 9 heteroatoms. The van der Waals surface area contributed by atoms with Crippen LogP contribution < -0.4 is 10.9 Å². The summed E-state index contributed by atoms with van der Waals surface area (Å²) in [7, 11) is 0. The molecule has 0 spiro atoms. The molecule has 1 unspecified atom stereocenters. The van der Waals surface area contributed by atoms with E-state index in [9.17, 15) is 9.59 Å². The zero-order valence-corrected chi connectivity index (χ0v) is 18.3. The molecule has 0 fully saturated rings. The fraction of sp³-hybridized carbons (Fsp3) is 0.136. The highest BCUT2D eigenvalue weighted by Gasteiger charge is 2.21. The number of anilines is 1. The molecule has 0 radical (unpaired) electrons. The molecule has 3 aromatic heterocycles. The van der Waals surface area contributed by atoms with Crippen LogP contribution in [0.4, 0.5) is 5.95 Å². The second kappa shape index (κ2) is 9.23. The monoisotopic (exact) mass is 449 g/mol. The van der Waals surface area contributed by atoms with E-state index in [1.165, 1.54) is 23.1 Å². The number of carbonyl (C=O) groups is 1. The molecule has 0 saturated carbocycles. The molecule has 156 valence electrons. The number of nitrogens with zero attached hydrogens (tertiary/aromatic N) is 4. The van der Waals surface area contributed by atoms with Gasteiger partial charge in [-0.15, -0.1) is 17.9 Å². The summed E-state index contributed by atoms with van der Waals surface area (Å²) >= 11 is 2.67. The third-order valence-corrected chi connectivity index (χ3v) is 6.61. The molecule has 0 aliphatic rings. The molecule has 1 N–H and O–H groups in total. The number of thiophene rings is 1. The molecule has 4 rings (SSSR count). The van der Waals surface area contributed by atoms with Crippen LogP contribution in [0.1, 0.15) is 6.92 Å². The highest BCUT2D eigenvalue weighted by atomic mass is 32.2. The van der Waals surface area contributed by atoms with Crippen LogP contribution in [0.5, 0.6) is 0 Å². The molecule has 0 aliphatic carbocycles. The Morgan fingerprint density at radius 3 is 2.71 bits per heavy atom. The van der Waals surface area contributed by atoms with Crippen LogP contribution in [-0.4, -0.2) is 30.7 Å². The van der Waals surface area contributed by atoms with Crippen LogP contribution in [0.15, 0.2) is 77.5 Å². The summed E-state index contributed by atoms with van der Waals surface area (Å²) in [6, 6.07) is 13.4. The lowest BCUT2D eigenvalue weighted by Crippen LogP contribution is -2.27. The van der Waals surface area contributed by atoms with Crippen molar-refractivity contribution in [2.24, 2.45) is 0 Å². The molecule has 1 atom stereocenters. The van der Waals surface area contributed by atoms with Gasteiger partial charge in [-0.05, 0) is 24.6 Å². The summed E-state index contributed by atoms with van der Waals surface area (Å²) < 4.78 is 1.55. The van der Waals surface area contributed by atoms with Gasteiger partial charge in [0.1, 0.15) is 4.83 Å². The molecular weight excluding hydrogens is 430 g/mol. The number of amides is 1. The lowest BCUT2D eigenvalue weighted by atomic mass is 10.2. The number of aromatic nitrogens is 4. The summed E-state index contributed by atoms with van der Waals surface area (Å²) in [5.74, 6) is -0.0375. The highest BCUT2D eigenvalue weighted by molar-refractivity contribution is 8.00. The number of fused-ring (bicyclic) bond motifs is 1. The molecule has 0 aliphatic heterocycles. The van der Waals surface area contributed by atoms with Gasteiger partial charge in [0, 0.05) is 23.8 Å². The van der Waals surface area contributed by atoms with Gasteiger partial charge in [0.05, 0.1) is 10.6 Å². The van der Waals surface area contributed by atoms with Gasteiger partial charge in [-0.25, -0.2) is 15.0 Å². The van der Waals surface area contributed by atoms with Crippen molar-refractivity contribution in [1.29, 1.82) is 0 Å². The number of hydrogen-bond donors (Lipinski definition) is 1. The van der Waals surface area contributed by atoms with Crippen LogP contribution in [0, 0.1) is 0 Å². The number of allylic oxidation sites excluding steroid dienone is 1. The van der Waals surface area contributed by atoms with Crippen molar-refractivity contribution >= 4 is 45.2 Å². The van der Waals surface area contributed by atoms with E-state index < -0.39 is 5.25 Å². The minimum absolute atomic E-state index is 0.148. The predicted octanol–water partition coefficient (Wildman–Crippen LogP) is 4.22. The molecule has 31 heavy (non-hydrogen) atoms. The van der Waals surface area contributed by atoms with Crippen molar-refractivity contribution in [3.8, 4) is 10.4 Å². The number of nitrogens with one attached hydrogen (secondary N) is 1. The molecule has 1 aromatic carbocycles. The molecular formula is C22H19N5O2S2. The van der Waals surface area contributed by atoms with Gasteiger partial charge in [0.25, 0.3) is 5.56 Å². The minimum atomic E-state index is -0.516. The van der Waals surface area contributed by atoms with Crippen LogP contribution in [0.25, 0.3) is 20.7 Å². The number of rotatable bonds is 7. The normalized spacial score (nSPS) is 11.9. The van der Waals surface area contributed by atoms with Crippen molar-refractivity contribution in [3.05, 3.63) is 77.9 Å². The number of thioether (sulfide) groups is 1. The number of hydrogen-bond acceptors (Lipinski definition) is 7. The highest BCUT2D eigenvalue weighted by Crippen LogP contribution is 2.32. The molecule has 0 bridgehead atoms. The minimum Gasteiger partial charge on any atom is -0.294 e. The van der Waals surface area contributed by atoms with E-state index in [2.05, 4.69) is 21.9 Å². The third-order valence-electron chi connectivity index (χ3n) is 4.44. The maximum Gasteiger partial charge on any atom is 0.263 e. The first-order chi connectivity index (χ1) is 15.1. The summed E-state index contributed by atoms with van der Waals surface area (Å²) in [6.07, 6.45) is 4.75. The maximum atomic E-state index is 13.2. The van der Waals surface area contributed by atoms with E-state index in [4.69, 9.17) is 4.98 Å². The van der Waals surface area contributed by atoms with Gasteiger partial charge < -0.3 is 0 Å². The van der Waals surface area contributed by atoms with E-state index >= 15 is 0 Å². The molecule has 4 aromatic rings. The van der Waals surface area contributed by atoms with E-state index in [-0.39, 0.29) is 17.4 Å². The second-order valence-electron chi connectivity index (χ2n) is 6.62. The summed E-state index contributed by atoms with van der Waals surface area (Å²) in [6.45, 7) is 5.80. The summed E-state index contributed by atoms with van der Waals surface area (Å²) in [5.41, 5.74) is 0.884. The van der Waals surface area contributed by atoms with E-state index in [1.807, 2.05) is 36.4 Å². The Morgan fingerprint density at radius 2 is 2.00 bits per heavy atom. The van der Waals surface area contributed by atoms with Crippen LogP contribution >= 0.6 is 23.1 Å². The van der Waals surface area contributed by atoms with Crippen LogP contribution in [0.2, 0.25) is 0 Å². The first kappa shape index (κ1) is 21.0. The van der Waals surface area contributed by atoms with Crippen LogP contribution in [-0.2, 0) is 11.3 Å². The predicted molar refractivity (Wildman–Crippen MR) is 125 cm³/mol. The van der Waals surface area contributed by atoms with Gasteiger partial charge in [-0.2, -0.15) is 0 Å². The lowest BCUT2D eigenvalue weighted by Gasteiger charge is -2.14. The fourth-order valence-electron chi connectivity index (χ4n) is 2.91. The summed E-state index contributed by atoms with van der Waals surface area (Å²) in [5, 5.41) is 3.19. The van der Waals surface area contributed by atoms with E-state index in [0.29, 0.717) is 21.9 Å². The van der Waals surface area contributed by atoms with Gasteiger partial charge >= 0.3 is 0 Å². The van der Waals surface area contributed by atoms with Gasteiger partial charge in [-0.1, -0.05) is 48.2 Å². The standard InChI is InChI=1S/C22H19N5O2S2/c1-3-12-27-20(29)16-13-17(15-8-5-4-6-9-15)31-19(16)26-22(27)30-14(2)18(28)25-21-23-10-7-11-24-21/h3-11,13-14H,1,12H2,2H3,(H,23,24,25,28). The second-order valence-corrected chi connectivity index (χ2v) is 8.95. The Bertz CT molecular complexity index is 1290. The van der Waals surface area contributed by atoms with Crippen molar-refractivity contribution in [3.63, 3.8) is 0 Å². The van der Waals surface area contributed by atoms with Gasteiger partial charge in [-0.3, -0.25) is 19.5 Å². The van der Waals surface area contributed by atoms with Crippen molar-refractivity contribution in [1.82, 2.24) is 19.5 Å². The lowest BCUT2D eigenvalue weighted by molar-refractivity contribution is -0.115. The third kappa shape index (κ3) is 4.57. The zero-order valence-electron chi connectivity index (χ0n) is 16.7. The smallest absolute Gasteiger partial charge is 0.263 e. The van der Waals surface area contributed by atoms with Crippen molar-refractivity contribution < 1.29 is 4.79 Å². The Balaban J connectivity index is 1.67. The quantitative estimate of drug-likeness (QED) is 0.258. The van der Waals surface area contributed by atoms with E-state index in [1.54, 1.807) is 36.0 Å². The van der Waals surface area contributed by atoms with Crippen molar-refractivity contribution in [2.45, 2.75) is 23.9 Å². The SMILES string of the molecule is C=CCn1c(SC(C)C(=O)Nc2ncccn2)nc2sc(-c3ccccc3)cc2c1=O. The van der Waals surface area contributed by atoms with Crippen molar-refractivity contribution in [2.75, 3.05) is 5.32 Å². The van der Waals surface area contributed by atoms with Crippen LogP contribution in [0.3, 0.4) is 0 Å². The molecule has 3 heterocycles. The summed E-state index contributed by atoms with van der Waals surface area (Å²) in [4.78, 5) is 40.1. The zero-order chi connectivity index (χ0) is 21.8. The maximum absolute atomic E-state index is 13.2. The Hall–Kier alpha value is -3.30. The van der Waals surface area contributed by atoms with Gasteiger partial charge in [0.2, 0.25) is 11.9 Å². The van der Waals surface area contributed by atoms with E-state index in [0.717, 1.165) is 10.4 Å². The average molecular weight is 450 g/mol. The fourth-order valence-corrected chi connectivity index (χ4v) is 4.91. The number of benzene rings is 1. The molecule has 0 saturated heterocycles. The Morgan fingerprint density at radius 1 is 1.26 bits per heavy atom. The largest absolute Gasteiger partial charge is 0.294 e. The topological polar surface area (TPSA) is 89.8 Å². The first-order valence-electron chi connectivity index (χ1n) is 9.52.